The van der Waals surface area contributed by atoms with Crippen molar-refractivity contribution < 1.29 is 9.59 Å². The molecule has 1 aliphatic heterocycles. The number of amides is 1. The van der Waals surface area contributed by atoms with E-state index in [2.05, 4.69) is 4.99 Å². The Morgan fingerprint density at radius 2 is 1.68 bits per heavy atom. The molecule has 28 heavy (non-hydrogen) atoms. The third-order valence-electron chi connectivity index (χ3n) is 4.69. The Kier molecular flexibility index (Phi) is 5.45. The third-order valence-corrected chi connectivity index (χ3v) is 4.69. The molecular formula is C22H26N4O2. The summed E-state index contributed by atoms with van der Waals surface area (Å²) in [5.41, 5.74) is 12.9. The van der Waals surface area contributed by atoms with Crippen LogP contribution >= 0.6 is 0 Å². The lowest BCUT2D eigenvalue weighted by Gasteiger charge is -2.31. The molecule has 6 nitrogen and oxygen atoms in total. The van der Waals surface area contributed by atoms with E-state index in [9.17, 15) is 9.59 Å². The molecule has 0 bridgehead atoms. The van der Waals surface area contributed by atoms with E-state index >= 15 is 0 Å². The molecule has 4 N–H and O–H groups in total. The van der Waals surface area contributed by atoms with Crippen molar-refractivity contribution in [3.63, 3.8) is 0 Å². The van der Waals surface area contributed by atoms with Gasteiger partial charge in [0, 0.05) is 17.7 Å². The highest BCUT2D eigenvalue weighted by molar-refractivity contribution is 6.26. The first-order valence-electron chi connectivity index (χ1n) is 9.41. The Labute approximate surface area is 165 Å². The highest BCUT2D eigenvalue weighted by Crippen LogP contribution is 2.31. The standard InChI is InChI=1S/C22H26N4O2/c1-14(2)13-26-18-12-8-7-11-17(18)19(16-9-5-4-6-10-16)25-22(24,21(26)28)20(27)15(3)23/h4-12,14-15H,13,23-24H2,1-3H3/t15-,22?/m0/s1. The predicted molar refractivity (Wildman–Crippen MR) is 111 cm³/mol. The number of fused-ring (bicyclic) bond motifs is 1. The Morgan fingerprint density at radius 1 is 1.07 bits per heavy atom. The number of carbonyl (C=O) groups excluding carboxylic acids is 2. The monoisotopic (exact) mass is 378 g/mol. The molecule has 1 aliphatic rings. The number of carbonyl (C=O) groups is 2. The maximum Gasteiger partial charge on any atom is 0.277 e. The largest absolute Gasteiger partial charge is 0.322 e. The minimum atomic E-state index is -2.08. The molecule has 0 saturated heterocycles. The first kappa shape index (κ1) is 19.9. The van der Waals surface area contributed by atoms with Gasteiger partial charge in [0.15, 0.2) is 0 Å². The van der Waals surface area contributed by atoms with Crippen LogP contribution in [-0.2, 0) is 9.59 Å². The number of benzodiazepines with no additional fused rings is 1. The topological polar surface area (TPSA) is 102 Å². The molecule has 0 radical (unpaired) electrons. The van der Waals surface area contributed by atoms with E-state index in [1.54, 1.807) is 4.90 Å². The first-order valence-corrected chi connectivity index (χ1v) is 9.41. The Balaban J connectivity index is 2.32. The van der Waals surface area contributed by atoms with Crippen molar-refractivity contribution in [1.82, 2.24) is 0 Å². The average Bonchev–Trinajstić information content (AvgIpc) is 2.77. The van der Waals surface area contributed by atoms with Crippen molar-refractivity contribution in [2.24, 2.45) is 22.4 Å². The quantitative estimate of drug-likeness (QED) is 0.778. The molecule has 0 spiro atoms. The number of nitrogens with zero attached hydrogens (tertiary/aromatic N) is 2. The average molecular weight is 378 g/mol. The number of nitrogens with two attached hydrogens (primary N) is 2. The SMILES string of the molecule is CC(C)CN1C(=O)C(N)(C(=O)[C@H](C)N)N=C(c2ccccc2)c2ccccc21. The Hall–Kier alpha value is -2.83. The second-order valence-electron chi connectivity index (χ2n) is 7.57. The van der Waals surface area contributed by atoms with Gasteiger partial charge in [0.1, 0.15) is 0 Å². The van der Waals surface area contributed by atoms with Gasteiger partial charge in [0.05, 0.1) is 17.4 Å². The molecule has 6 heteroatoms. The highest BCUT2D eigenvalue weighted by Gasteiger charge is 2.48. The number of aliphatic imine (C=N–C) groups is 1. The van der Waals surface area contributed by atoms with Crippen LogP contribution in [0, 0.1) is 5.92 Å². The molecule has 0 aliphatic carbocycles. The van der Waals surface area contributed by atoms with Crippen LogP contribution in [0.15, 0.2) is 59.6 Å². The number of rotatable bonds is 5. The minimum absolute atomic E-state index is 0.171. The van der Waals surface area contributed by atoms with Crippen molar-refractivity contribution in [2.45, 2.75) is 32.5 Å². The van der Waals surface area contributed by atoms with Gasteiger partial charge in [0.2, 0.25) is 11.4 Å². The molecule has 0 saturated carbocycles. The molecule has 2 aromatic rings. The summed E-state index contributed by atoms with van der Waals surface area (Å²) in [6, 6.07) is 16.0. The van der Waals surface area contributed by atoms with Gasteiger partial charge in [-0.25, -0.2) is 4.99 Å². The zero-order valence-corrected chi connectivity index (χ0v) is 16.4. The van der Waals surface area contributed by atoms with Gasteiger partial charge in [0.25, 0.3) is 5.91 Å². The summed E-state index contributed by atoms with van der Waals surface area (Å²) in [4.78, 5) is 32.6. The van der Waals surface area contributed by atoms with E-state index in [0.717, 1.165) is 11.1 Å². The van der Waals surface area contributed by atoms with E-state index in [0.29, 0.717) is 17.9 Å². The van der Waals surface area contributed by atoms with Crippen molar-refractivity contribution in [3.8, 4) is 0 Å². The van der Waals surface area contributed by atoms with Gasteiger partial charge < -0.3 is 10.6 Å². The van der Waals surface area contributed by atoms with Crippen LogP contribution in [0.4, 0.5) is 5.69 Å². The van der Waals surface area contributed by atoms with Crippen molar-refractivity contribution in [1.29, 1.82) is 0 Å². The minimum Gasteiger partial charge on any atom is -0.322 e. The smallest absolute Gasteiger partial charge is 0.277 e. The van der Waals surface area contributed by atoms with Crippen LogP contribution in [-0.4, -0.2) is 35.7 Å². The number of hydrogen-bond donors (Lipinski definition) is 2. The third kappa shape index (κ3) is 3.48. The lowest BCUT2D eigenvalue weighted by molar-refractivity contribution is -0.134. The summed E-state index contributed by atoms with van der Waals surface area (Å²) < 4.78 is 0. The van der Waals surface area contributed by atoms with Gasteiger partial charge in [-0.2, -0.15) is 0 Å². The maximum atomic E-state index is 13.5. The number of hydrogen-bond acceptors (Lipinski definition) is 5. The summed E-state index contributed by atoms with van der Waals surface area (Å²) in [7, 11) is 0. The number of para-hydroxylation sites is 1. The van der Waals surface area contributed by atoms with Crippen molar-refractivity contribution in [3.05, 3.63) is 65.7 Å². The number of anilines is 1. The molecule has 0 aromatic heterocycles. The van der Waals surface area contributed by atoms with Crippen LogP contribution in [0.5, 0.6) is 0 Å². The summed E-state index contributed by atoms with van der Waals surface area (Å²) in [5, 5.41) is 0. The fourth-order valence-corrected chi connectivity index (χ4v) is 3.38. The van der Waals surface area contributed by atoms with E-state index in [1.165, 1.54) is 6.92 Å². The highest BCUT2D eigenvalue weighted by atomic mass is 16.2. The normalized spacial score (nSPS) is 20.4. The van der Waals surface area contributed by atoms with Crippen LogP contribution in [0.3, 0.4) is 0 Å². The van der Waals surface area contributed by atoms with E-state index in [1.807, 2.05) is 68.4 Å². The number of Topliss-reactive ketones (excluding diaryl/α,β-unsaturated/α-hetero) is 1. The summed E-state index contributed by atoms with van der Waals surface area (Å²) in [6.07, 6.45) is 0. The first-order chi connectivity index (χ1) is 13.3. The van der Waals surface area contributed by atoms with Crippen LogP contribution in [0.2, 0.25) is 0 Å². The molecule has 1 unspecified atom stereocenters. The molecule has 3 rings (SSSR count). The molecular weight excluding hydrogens is 352 g/mol. The second-order valence-corrected chi connectivity index (χ2v) is 7.57. The van der Waals surface area contributed by atoms with Crippen LogP contribution < -0.4 is 16.4 Å². The maximum absolute atomic E-state index is 13.5. The molecule has 1 heterocycles. The molecule has 1 amide bonds. The second kappa shape index (κ2) is 7.66. The molecule has 2 atom stereocenters. The zero-order chi connectivity index (χ0) is 20.5. The summed E-state index contributed by atoms with van der Waals surface area (Å²) >= 11 is 0. The predicted octanol–water partition coefficient (Wildman–Crippen LogP) is 2.10. The lowest BCUT2D eigenvalue weighted by Crippen LogP contribution is -2.63. The fourth-order valence-electron chi connectivity index (χ4n) is 3.38. The van der Waals surface area contributed by atoms with Crippen LogP contribution in [0.25, 0.3) is 0 Å². The Bertz CT molecular complexity index is 921. The lowest BCUT2D eigenvalue weighted by atomic mass is 9.98. The van der Waals surface area contributed by atoms with Gasteiger partial charge in [-0.05, 0) is 18.9 Å². The van der Waals surface area contributed by atoms with E-state index in [4.69, 9.17) is 11.5 Å². The van der Waals surface area contributed by atoms with Gasteiger partial charge in [-0.1, -0.05) is 62.4 Å². The van der Waals surface area contributed by atoms with Crippen LogP contribution in [0.1, 0.15) is 31.9 Å². The molecule has 146 valence electrons. The van der Waals surface area contributed by atoms with E-state index in [-0.39, 0.29) is 5.92 Å². The summed E-state index contributed by atoms with van der Waals surface area (Å²) in [5.74, 6) is -0.987. The van der Waals surface area contributed by atoms with Gasteiger partial charge >= 0.3 is 0 Å². The summed E-state index contributed by atoms with van der Waals surface area (Å²) in [6.45, 7) is 5.95. The molecule has 0 fully saturated rings. The Morgan fingerprint density at radius 3 is 2.29 bits per heavy atom. The molecule has 2 aromatic carbocycles. The van der Waals surface area contributed by atoms with E-state index < -0.39 is 23.4 Å². The fraction of sp³-hybridized carbons (Fsp3) is 0.318. The number of benzene rings is 2. The van der Waals surface area contributed by atoms with Gasteiger partial charge in [-0.15, -0.1) is 0 Å². The van der Waals surface area contributed by atoms with Crippen molar-refractivity contribution >= 4 is 23.1 Å². The van der Waals surface area contributed by atoms with Crippen molar-refractivity contribution in [2.75, 3.05) is 11.4 Å². The van der Waals surface area contributed by atoms with Gasteiger partial charge in [-0.3, -0.25) is 15.3 Å². The zero-order valence-electron chi connectivity index (χ0n) is 16.4. The number of ketones is 1.